The average molecular weight is 399 g/mol. The number of nitrogens with one attached hydrogen (secondary N) is 1. The van der Waals surface area contributed by atoms with Gasteiger partial charge in [-0.3, -0.25) is 9.69 Å². The summed E-state index contributed by atoms with van der Waals surface area (Å²) in [4.78, 5) is 27.0. The van der Waals surface area contributed by atoms with Crippen LogP contribution >= 0.6 is 0 Å². The summed E-state index contributed by atoms with van der Waals surface area (Å²) in [6.45, 7) is 2.19. The van der Waals surface area contributed by atoms with E-state index in [1.165, 1.54) is 5.39 Å². The van der Waals surface area contributed by atoms with Crippen molar-refractivity contribution in [1.29, 1.82) is 0 Å². The zero-order valence-corrected chi connectivity index (χ0v) is 16.8. The van der Waals surface area contributed by atoms with Gasteiger partial charge >= 0.3 is 12.0 Å². The Bertz CT molecular complexity index is 842. The Balaban J connectivity index is 1.40. The Morgan fingerprint density at radius 1 is 1.17 bits per heavy atom. The Morgan fingerprint density at radius 2 is 1.97 bits per heavy atom. The number of carbonyl (C=O) groups is 2. The molecule has 1 saturated heterocycles. The van der Waals surface area contributed by atoms with Crippen LogP contribution in [0, 0.1) is 0 Å². The van der Waals surface area contributed by atoms with Crippen molar-refractivity contribution in [3.8, 4) is 5.75 Å². The molecule has 2 aromatic rings. The highest BCUT2D eigenvalue weighted by Crippen LogP contribution is 2.20. The molecule has 0 aromatic heterocycles. The van der Waals surface area contributed by atoms with Gasteiger partial charge in [-0.2, -0.15) is 0 Å². The van der Waals surface area contributed by atoms with Crippen LogP contribution in [0.15, 0.2) is 42.5 Å². The average Bonchev–Trinajstić information content (AvgIpc) is 2.97. The SMILES string of the molecule is CN(CC(=O)O)C1CCCN(C(=O)NCCOc2ccc3ccccc3c2)CC1. The number of amides is 2. The molecule has 0 bridgehead atoms. The fourth-order valence-corrected chi connectivity index (χ4v) is 3.76. The molecular formula is C22H29N3O4. The van der Waals surface area contributed by atoms with Crippen molar-refractivity contribution in [3.05, 3.63) is 42.5 Å². The van der Waals surface area contributed by atoms with E-state index in [1.807, 2.05) is 53.2 Å². The summed E-state index contributed by atoms with van der Waals surface area (Å²) in [5.41, 5.74) is 0. The molecule has 7 nitrogen and oxygen atoms in total. The van der Waals surface area contributed by atoms with Crippen molar-refractivity contribution < 1.29 is 19.4 Å². The number of ether oxygens (including phenoxy) is 1. The number of likely N-dealkylation sites (tertiary alicyclic amines) is 1. The van der Waals surface area contributed by atoms with E-state index in [-0.39, 0.29) is 18.6 Å². The van der Waals surface area contributed by atoms with E-state index in [4.69, 9.17) is 9.84 Å². The van der Waals surface area contributed by atoms with E-state index < -0.39 is 5.97 Å². The Hall–Kier alpha value is -2.80. The molecule has 0 aliphatic carbocycles. The lowest BCUT2D eigenvalue weighted by molar-refractivity contribution is -0.138. The minimum absolute atomic E-state index is 0.0307. The molecule has 0 radical (unpaired) electrons. The quantitative estimate of drug-likeness (QED) is 0.700. The summed E-state index contributed by atoms with van der Waals surface area (Å²) < 4.78 is 5.77. The zero-order chi connectivity index (χ0) is 20.6. The Labute approximate surface area is 171 Å². The molecule has 1 unspecified atom stereocenters. The van der Waals surface area contributed by atoms with Crippen LogP contribution in [0.25, 0.3) is 10.8 Å². The van der Waals surface area contributed by atoms with Gasteiger partial charge in [0, 0.05) is 19.1 Å². The molecule has 3 rings (SSSR count). The van der Waals surface area contributed by atoms with Crippen molar-refractivity contribution in [3.63, 3.8) is 0 Å². The first-order valence-electron chi connectivity index (χ1n) is 10.1. The molecule has 1 atom stereocenters. The number of carboxylic acids is 1. The van der Waals surface area contributed by atoms with E-state index in [1.54, 1.807) is 0 Å². The summed E-state index contributed by atoms with van der Waals surface area (Å²) in [7, 11) is 1.83. The minimum atomic E-state index is -0.822. The smallest absolute Gasteiger partial charge is 0.317 e. The van der Waals surface area contributed by atoms with E-state index in [0.717, 1.165) is 30.4 Å². The van der Waals surface area contributed by atoms with Gasteiger partial charge < -0.3 is 20.1 Å². The topological polar surface area (TPSA) is 82.1 Å². The molecule has 2 aromatic carbocycles. The molecule has 29 heavy (non-hydrogen) atoms. The van der Waals surface area contributed by atoms with Crippen molar-refractivity contribution in [2.45, 2.75) is 25.3 Å². The minimum Gasteiger partial charge on any atom is -0.492 e. The molecule has 2 N–H and O–H groups in total. The predicted octanol–water partition coefficient (Wildman–Crippen LogP) is 2.80. The maximum Gasteiger partial charge on any atom is 0.317 e. The van der Waals surface area contributed by atoms with Crippen molar-refractivity contribution >= 4 is 22.8 Å². The fraction of sp³-hybridized carbons (Fsp3) is 0.455. The molecule has 1 heterocycles. The summed E-state index contributed by atoms with van der Waals surface area (Å²) in [5, 5.41) is 14.2. The highest BCUT2D eigenvalue weighted by Gasteiger charge is 2.23. The van der Waals surface area contributed by atoms with Crippen molar-refractivity contribution in [2.75, 3.05) is 39.8 Å². The standard InChI is InChI=1S/C22H29N3O4/c1-24(16-21(26)27)19-7-4-12-25(13-10-19)22(28)23-11-14-29-20-9-8-17-5-2-3-6-18(17)15-20/h2-3,5-6,8-9,15,19H,4,7,10-14,16H2,1H3,(H,23,28)(H,26,27). The van der Waals surface area contributed by atoms with Crippen LogP contribution in [0.4, 0.5) is 4.79 Å². The maximum absolute atomic E-state index is 12.4. The third-order valence-corrected chi connectivity index (χ3v) is 5.36. The van der Waals surface area contributed by atoms with Gasteiger partial charge in [0.2, 0.25) is 0 Å². The first-order valence-corrected chi connectivity index (χ1v) is 10.1. The lowest BCUT2D eigenvalue weighted by Gasteiger charge is -2.25. The van der Waals surface area contributed by atoms with E-state index >= 15 is 0 Å². The number of aliphatic carboxylic acids is 1. The number of fused-ring (bicyclic) bond motifs is 1. The van der Waals surface area contributed by atoms with Gasteiger partial charge in [-0.15, -0.1) is 0 Å². The molecular weight excluding hydrogens is 370 g/mol. The number of hydrogen-bond donors (Lipinski definition) is 2. The second-order valence-corrected chi connectivity index (χ2v) is 7.47. The monoisotopic (exact) mass is 399 g/mol. The number of rotatable bonds is 7. The molecule has 2 amide bonds. The highest BCUT2D eigenvalue weighted by molar-refractivity contribution is 5.83. The largest absolute Gasteiger partial charge is 0.492 e. The fourth-order valence-electron chi connectivity index (χ4n) is 3.76. The molecule has 7 heteroatoms. The van der Waals surface area contributed by atoms with Gasteiger partial charge in [0.15, 0.2) is 0 Å². The molecule has 0 spiro atoms. The molecule has 1 fully saturated rings. The number of carbonyl (C=O) groups excluding carboxylic acids is 1. The lowest BCUT2D eigenvalue weighted by Crippen LogP contribution is -2.42. The summed E-state index contributed by atoms with van der Waals surface area (Å²) in [5.74, 6) is -0.0326. The van der Waals surface area contributed by atoms with Crippen LogP contribution < -0.4 is 10.1 Å². The maximum atomic E-state index is 12.4. The predicted molar refractivity (Wildman–Crippen MR) is 112 cm³/mol. The number of benzene rings is 2. The molecule has 156 valence electrons. The molecule has 1 aliphatic heterocycles. The summed E-state index contributed by atoms with van der Waals surface area (Å²) >= 11 is 0. The zero-order valence-electron chi connectivity index (χ0n) is 16.8. The van der Waals surface area contributed by atoms with Crippen LogP contribution in [0.2, 0.25) is 0 Å². The number of urea groups is 1. The highest BCUT2D eigenvalue weighted by atomic mass is 16.5. The van der Waals surface area contributed by atoms with Gasteiger partial charge in [0.05, 0.1) is 13.1 Å². The first kappa shape index (κ1) is 20.9. The van der Waals surface area contributed by atoms with Crippen molar-refractivity contribution in [1.82, 2.24) is 15.1 Å². The summed E-state index contributed by atoms with van der Waals surface area (Å²) in [6, 6.07) is 14.2. The van der Waals surface area contributed by atoms with Crippen LogP contribution in [-0.2, 0) is 4.79 Å². The van der Waals surface area contributed by atoms with E-state index in [9.17, 15) is 9.59 Å². The van der Waals surface area contributed by atoms with Gasteiger partial charge in [-0.1, -0.05) is 30.3 Å². The Kier molecular flexibility index (Phi) is 7.30. The number of hydrogen-bond acceptors (Lipinski definition) is 4. The number of carboxylic acid groups (broad SMARTS) is 1. The second kappa shape index (κ2) is 10.1. The Morgan fingerprint density at radius 3 is 2.76 bits per heavy atom. The molecule has 1 aliphatic rings. The van der Waals surface area contributed by atoms with Crippen molar-refractivity contribution in [2.24, 2.45) is 0 Å². The number of likely N-dealkylation sites (N-methyl/N-ethyl adjacent to an activating group) is 1. The van der Waals surface area contributed by atoms with Crippen LogP contribution in [0.3, 0.4) is 0 Å². The van der Waals surface area contributed by atoms with Crippen LogP contribution in [-0.4, -0.2) is 72.8 Å². The second-order valence-electron chi connectivity index (χ2n) is 7.47. The third-order valence-electron chi connectivity index (χ3n) is 5.36. The van der Waals surface area contributed by atoms with Gasteiger partial charge in [-0.05, 0) is 49.2 Å². The van der Waals surface area contributed by atoms with E-state index in [2.05, 4.69) is 11.4 Å². The van der Waals surface area contributed by atoms with Gasteiger partial charge in [0.25, 0.3) is 0 Å². The molecule has 0 saturated carbocycles. The number of nitrogens with zero attached hydrogens (tertiary/aromatic N) is 2. The third kappa shape index (κ3) is 6.09. The van der Waals surface area contributed by atoms with Gasteiger partial charge in [0.1, 0.15) is 12.4 Å². The van der Waals surface area contributed by atoms with E-state index in [0.29, 0.717) is 26.2 Å². The lowest BCUT2D eigenvalue weighted by atomic mass is 10.1. The summed E-state index contributed by atoms with van der Waals surface area (Å²) in [6.07, 6.45) is 2.55. The van der Waals surface area contributed by atoms with Gasteiger partial charge in [-0.25, -0.2) is 4.79 Å². The van der Waals surface area contributed by atoms with Crippen LogP contribution in [0.5, 0.6) is 5.75 Å². The van der Waals surface area contributed by atoms with Crippen LogP contribution in [0.1, 0.15) is 19.3 Å². The normalized spacial score (nSPS) is 17.2. The first-order chi connectivity index (χ1) is 14.0.